The van der Waals surface area contributed by atoms with Crippen molar-refractivity contribution in [3.63, 3.8) is 0 Å². The van der Waals surface area contributed by atoms with E-state index >= 15 is 0 Å². The number of ether oxygens (including phenoxy) is 1. The number of carboxylic acids is 1. The summed E-state index contributed by atoms with van der Waals surface area (Å²) >= 11 is 0. The van der Waals surface area contributed by atoms with Crippen molar-refractivity contribution >= 4 is 5.97 Å². The van der Waals surface area contributed by atoms with Gasteiger partial charge in [-0.15, -0.1) is 0 Å². The lowest BCUT2D eigenvalue weighted by molar-refractivity contribution is -0.146. The zero-order valence-corrected chi connectivity index (χ0v) is 7.97. The molecule has 5 nitrogen and oxygen atoms in total. The molecule has 5 heteroatoms. The number of nitriles is 1. The van der Waals surface area contributed by atoms with E-state index in [2.05, 4.69) is 0 Å². The van der Waals surface area contributed by atoms with Gasteiger partial charge in [-0.2, -0.15) is 5.26 Å². The van der Waals surface area contributed by atoms with Crippen LogP contribution in [0.4, 0.5) is 0 Å². The molecule has 0 saturated heterocycles. The third-order valence-electron chi connectivity index (χ3n) is 1.91. The summed E-state index contributed by atoms with van der Waals surface area (Å²) in [6.45, 7) is 0. The highest BCUT2D eigenvalue weighted by Crippen LogP contribution is 2.22. The fourth-order valence-electron chi connectivity index (χ4n) is 1.13. The molecule has 0 aliphatic heterocycles. The molecule has 0 amide bonds. The molecule has 0 fully saturated rings. The fraction of sp³-hybridized carbons (Fsp3) is 0.200. The average Bonchev–Trinajstić information content (AvgIpc) is 2.27. The molecule has 1 unspecified atom stereocenters. The fourth-order valence-corrected chi connectivity index (χ4v) is 1.13. The predicted molar refractivity (Wildman–Crippen MR) is 50.3 cm³/mol. The van der Waals surface area contributed by atoms with Crippen molar-refractivity contribution in [1.29, 1.82) is 5.26 Å². The summed E-state index contributed by atoms with van der Waals surface area (Å²) in [4.78, 5) is 10.5. The van der Waals surface area contributed by atoms with E-state index in [1.54, 1.807) is 6.07 Å². The second kappa shape index (κ2) is 4.44. The Balaban J connectivity index is 3.20. The standard InChI is InChI=1S/C10H9NO4/c1-15-7-2-3-8(6(4-7)5-11)9(12)10(13)14/h2-4,9,12H,1H3,(H,13,14). The molecule has 1 aromatic rings. The molecule has 15 heavy (non-hydrogen) atoms. The van der Waals surface area contributed by atoms with Gasteiger partial charge in [0.05, 0.1) is 18.7 Å². The van der Waals surface area contributed by atoms with Crippen molar-refractivity contribution in [3.05, 3.63) is 29.3 Å². The van der Waals surface area contributed by atoms with Crippen LogP contribution in [0.1, 0.15) is 17.2 Å². The van der Waals surface area contributed by atoms with E-state index in [0.717, 1.165) is 0 Å². The van der Waals surface area contributed by atoms with Gasteiger partial charge in [0.2, 0.25) is 0 Å². The molecular formula is C10H9NO4. The van der Waals surface area contributed by atoms with Gasteiger partial charge >= 0.3 is 5.97 Å². The first-order valence-electron chi connectivity index (χ1n) is 4.09. The van der Waals surface area contributed by atoms with Gasteiger partial charge < -0.3 is 14.9 Å². The number of benzene rings is 1. The number of hydrogen-bond donors (Lipinski definition) is 2. The molecule has 78 valence electrons. The SMILES string of the molecule is COc1ccc(C(O)C(=O)O)c(C#N)c1. The van der Waals surface area contributed by atoms with Crippen molar-refractivity contribution in [2.45, 2.75) is 6.10 Å². The molecule has 0 bridgehead atoms. The first-order valence-corrected chi connectivity index (χ1v) is 4.09. The summed E-state index contributed by atoms with van der Waals surface area (Å²) in [6.07, 6.45) is -1.69. The van der Waals surface area contributed by atoms with E-state index < -0.39 is 12.1 Å². The van der Waals surface area contributed by atoms with Crippen LogP contribution in [0.2, 0.25) is 0 Å². The molecule has 0 aliphatic rings. The van der Waals surface area contributed by atoms with Crippen LogP contribution < -0.4 is 4.74 Å². The molecule has 2 N–H and O–H groups in total. The number of hydrogen-bond acceptors (Lipinski definition) is 4. The lowest BCUT2D eigenvalue weighted by Crippen LogP contribution is -2.12. The van der Waals surface area contributed by atoms with E-state index in [0.29, 0.717) is 5.75 Å². The van der Waals surface area contributed by atoms with E-state index in [9.17, 15) is 9.90 Å². The summed E-state index contributed by atoms with van der Waals surface area (Å²) in [5.74, 6) is -0.954. The summed E-state index contributed by atoms with van der Waals surface area (Å²) in [5.41, 5.74) is 0.148. The summed E-state index contributed by atoms with van der Waals surface area (Å²) in [5, 5.41) is 26.6. The minimum Gasteiger partial charge on any atom is -0.497 e. The van der Waals surface area contributed by atoms with Crippen LogP contribution in [-0.2, 0) is 4.79 Å². The molecule has 0 radical (unpaired) electrons. The molecule has 1 rings (SSSR count). The minimum atomic E-state index is -1.69. The number of carbonyl (C=O) groups is 1. The maximum Gasteiger partial charge on any atom is 0.337 e. The molecule has 0 heterocycles. The van der Waals surface area contributed by atoms with E-state index in [4.69, 9.17) is 15.1 Å². The van der Waals surface area contributed by atoms with Crippen LogP contribution in [0, 0.1) is 11.3 Å². The molecule has 0 aliphatic carbocycles. The number of methoxy groups -OCH3 is 1. The van der Waals surface area contributed by atoms with Crippen LogP contribution in [0.5, 0.6) is 5.75 Å². The molecule has 0 saturated carbocycles. The Morgan fingerprint density at radius 1 is 1.60 bits per heavy atom. The third kappa shape index (κ3) is 2.24. The van der Waals surface area contributed by atoms with E-state index in [1.165, 1.54) is 25.3 Å². The second-order valence-electron chi connectivity index (χ2n) is 2.81. The molecule has 0 spiro atoms. The first-order chi connectivity index (χ1) is 7.10. The normalized spacial score (nSPS) is 11.5. The van der Waals surface area contributed by atoms with Gasteiger partial charge in [0.25, 0.3) is 0 Å². The lowest BCUT2D eigenvalue weighted by atomic mass is 10.0. The maximum atomic E-state index is 10.5. The highest BCUT2D eigenvalue weighted by Gasteiger charge is 2.19. The second-order valence-corrected chi connectivity index (χ2v) is 2.81. The Morgan fingerprint density at radius 2 is 2.27 bits per heavy atom. The van der Waals surface area contributed by atoms with Crippen LogP contribution in [-0.4, -0.2) is 23.3 Å². The average molecular weight is 207 g/mol. The highest BCUT2D eigenvalue weighted by molar-refractivity contribution is 5.75. The molecular weight excluding hydrogens is 198 g/mol. The summed E-state index contributed by atoms with van der Waals surface area (Å²) in [7, 11) is 1.43. The van der Waals surface area contributed by atoms with E-state index in [-0.39, 0.29) is 11.1 Å². The van der Waals surface area contributed by atoms with Crippen LogP contribution in [0.15, 0.2) is 18.2 Å². The van der Waals surface area contributed by atoms with Crippen LogP contribution >= 0.6 is 0 Å². The van der Waals surface area contributed by atoms with Gasteiger partial charge in [0.1, 0.15) is 5.75 Å². The minimum absolute atomic E-state index is 0.0609. The monoisotopic (exact) mass is 207 g/mol. The number of aliphatic hydroxyl groups is 1. The zero-order valence-electron chi connectivity index (χ0n) is 7.97. The van der Waals surface area contributed by atoms with Gasteiger partial charge in [-0.1, -0.05) is 6.07 Å². The van der Waals surface area contributed by atoms with Crippen LogP contribution in [0.25, 0.3) is 0 Å². The van der Waals surface area contributed by atoms with Crippen molar-refractivity contribution in [3.8, 4) is 11.8 Å². The number of aliphatic carboxylic acids is 1. The topological polar surface area (TPSA) is 90.6 Å². The van der Waals surface area contributed by atoms with Gasteiger partial charge in [-0.05, 0) is 12.1 Å². The zero-order chi connectivity index (χ0) is 11.4. The highest BCUT2D eigenvalue weighted by atomic mass is 16.5. The van der Waals surface area contributed by atoms with Crippen molar-refractivity contribution in [2.24, 2.45) is 0 Å². The van der Waals surface area contributed by atoms with Gasteiger partial charge in [-0.25, -0.2) is 4.79 Å². The Morgan fingerprint density at radius 3 is 2.73 bits per heavy atom. The van der Waals surface area contributed by atoms with Gasteiger partial charge in [0.15, 0.2) is 6.10 Å². The van der Waals surface area contributed by atoms with Gasteiger partial charge in [0, 0.05) is 5.56 Å². The van der Waals surface area contributed by atoms with E-state index in [1.807, 2.05) is 0 Å². The van der Waals surface area contributed by atoms with Crippen molar-refractivity contribution in [2.75, 3.05) is 7.11 Å². The summed E-state index contributed by atoms with van der Waals surface area (Å²) < 4.78 is 4.87. The molecule has 1 aromatic carbocycles. The Bertz CT molecular complexity index is 422. The van der Waals surface area contributed by atoms with Crippen molar-refractivity contribution in [1.82, 2.24) is 0 Å². The number of rotatable bonds is 3. The lowest BCUT2D eigenvalue weighted by Gasteiger charge is -2.08. The number of carboxylic acid groups (broad SMARTS) is 1. The third-order valence-corrected chi connectivity index (χ3v) is 1.91. The Labute approximate surface area is 86.1 Å². The van der Waals surface area contributed by atoms with Crippen molar-refractivity contribution < 1.29 is 19.7 Å². The molecule has 0 aromatic heterocycles. The largest absolute Gasteiger partial charge is 0.497 e. The predicted octanol–water partition coefficient (Wildman–Crippen LogP) is 0.685. The van der Waals surface area contributed by atoms with Crippen LogP contribution in [0.3, 0.4) is 0 Å². The maximum absolute atomic E-state index is 10.5. The van der Waals surface area contributed by atoms with Gasteiger partial charge in [-0.3, -0.25) is 0 Å². The first kappa shape index (κ1) is 11.0. The quantitative estimate of drug-likeness (QED) is 0.760. The smallest absolute Gasteiger partial charge is 0.337 e. The number of nitrogens with zero attached hydrogens (tertiary/aromatic N) is 1. The molecule has 1 atom stereocenters. The summed E-state index contributed by atoms with van der Waals surface area (Å²) in [6, 6.07) is 6.02. The number of aliphatic hydroxyl groups excluding tert-OH is 1. The Kier molecular flexibility index (Phi) is 3.26. The Hall–Kier alpha value is -2.06.